The van der Waals surface area contributed by atoms with Gasteiger partial charge in [-0.25, -0.2) is 0 Å². The summed E-state index contributed by atoms with van der Waals surface area (Å²) < 4.78 is 6.26. The van der Waals surface area contributed by atoms with E-state index in [0.29, 0.717) is 12.1 Å². The summed E-state index contributed by atoms with van der Waals surface area (Å²) in [6, 6.07) is 0.628. The highest BCUT2D eigenvalue weighted by Gasteiger charge is 2.39. The van der Waals surface area contributed by atoms with Gasteiger partial charge in [0, 0.05) is 12.6 Å². The van der Waals surface area contributed by atoms with Crippen molar-refractivity contribution >= 4 is 0 Å². The van der Waals surface area contributed by atoms with Gasteiger partial charge in [0.1, 0.15) is 0 Å². The monoisotopic (exact) mass is 211 g/mol. The highest BCUT2D eigenvalue weighted by Crippen LogP contribution is 2.34. The minimum Gasteiger partial charge on any atom is -0.369 e. The summed E-state index contributed by atoms with van der Waals surface area (Å²) in [6.07, 6.45) is 6.86. The van der Waals surface area contributed by atoms with E-state index in [9.17, 15) is 0 Å². The number of fused-ring (bicyclic) bond motifs is 1. The van der Waals surface area contributed by atoms with E-state index in [4.69, 9.17) is 4.74 Å². The van der Waals surface area contributed by atoms with Crippen LogP contribution < -0.4 is 5.32 Å². The van der Waals surface area contributed by atoms with E-state index in [2.05, 4.69) is 26.1 Å². The highest BCUT2D eigenvalue weighted by atomic mass is 16.5. The molecule has 2 heteroatoms. The van der Waals surface area contributed by atoms with Crippen molar-refractivity contribution in [1.82, 2.24) is 5.32 Å². The Balaban J connectivity index is 1.94. The summed E-state index contributed by atoms with van der Waals surface area (Å²) in [5.41, 5.74) is 0.0835. The first kappa shape index (κ1) is 11.4. The lowest BCUT2D eigenvalue weighted by Crippen LogP contribution is -2.59. The lowest BCUT2D eigenvalue weighted by Gasteiger charge is -2.47. The summed E-state index contributed by atoms with van der Waals surface area (Å²) in [6.45, 7) is 7.80. The van der Waals surface area contributed by atoms with E-state index >= 15 is 0 Å². The van der Waals surface area contributed by atoms with Gasteiger partial charge in [0.25, 0.3) is 0 Å². The van der Waals surface area contributed by atoms with E-state index in [1.54, 1.807) is 0 Å². The summed E-state index contributed by atoms with van der Waals surface area (Å²) >= 11 is 0. The Labute approximate surface area is 93.8 Å². The van der Waals surface area contributed by atoms with Crippen LogP contribution in [0.15, 0.2) is 0 Å². The predicted molar refractivity (Wildman–Crippen MR) is 63.0 cm³/mol. The Morgan fingerprint density at radius 2 is 2.13 bits per heavy atom. The van der Waals surface area contributed by atoms with Crippen molar-refractivity contribution in [2.75, 3.05) is 6.54 Å². The quantitative estimate of drug-likeness (QED) is 0.758. The molecule has 1 aliphatic carbocycles. The van der Waals surface area contributed by atoms with E-state index in [1.165, 1.54) is 25.7 Å². The molecule has 15 heavy (non-hydrogen) atoms. The fourth-order valence-corrected chi connectivity index (χ4v) is 2.92. The van der Waals surface area contributed by atoms with Crippen molar-refractivity contribution in [3.05, 3.63) is 0 Å². The van der Waals surface area contributed by atoms with E-state index in [1.807, 2.05) is 0 Å². The van der Waals surface area contributed by atoms with E-state index < -0.39 is 0 Å². The van der Waals surface area contributed by atoms with Crippen LogP contribution in [-0.4, -0.2) is 24.3 Å². The molecule has 2 aliphatic rings. The van der Waals surface area contributed by atoms with Crippen LogP contribution >= 0.6 is 0 Å². The SMILES string of the molecule is CCC1CCC2OC(C)(CC)CNC2C1. The predicted octanol–water partition coefficient (Wildman–Crippen LogP) is 2.72. The molecular weight excluding hydrogens is 186 g/mol. The number of ether oxygens (including phenoxy) is 1. The lowest BCUT2D eigenvalue weighted by molar-refractivity contribution is -0.142. The van der Waals surface area contributed by atoms with Gasteiger partial charge < -0.3 is 10.1 Å². The molecule has 1 saturated carbocycles. The summed E-state index contributed by atoms with van der Waals surface area (Å²) in [7, 11) is 0. The van der Waals surface area contributed by atoms with Crippen LogP contribution in [0.5, 0.6) is 0 Å². The number of hydrogen-bond acceptors (Lipinski definition) is 2. The molecule has 0 aromatic carbocycles. The normalized spacial score (nSPS) is 46.2. The molecule has 1 N–H and O–H groups in total. The number of morpholine rings is 1. The van der Waals surface area contributed by atoms with Gasteiger partial charge in [-0.1, -0.05) is 20.3 Å². The Kier molecular flexibility index (Phi) is 3.36. The zero-order valence-electron chi connectivity index (χ0n) is 10.4. The fourth-order valence-electron chi connectivity index (χ4n) is 2.92. The van der Waals surface area contributed by atoms with Crippen LogP contribution in [0, 0.1) is 5.92 Å². The molecule has 2 fully saturated rings. The van der Waals surface area contributed by atoms with Crippen molar-refractivity contribution in [2.45, 2.75) is 70.6 Å². The molecule has 0 bridgehead atoms. The van der Waals surface area contributed by atoms with Crippen molar-refractivity contribution in [2.24, 2.45) is 5.92 Å². The molecule has 0 amide bonds. The molecule has 0 aromatic rings. The van der Waals surface area contributed by atoms with Crippen molar-refractivity contribution in [3.8, 4) is 0 Å². The first-order chi connectivity index (χ1) is 7.17. The maximum absolute atomic E-state index is 6.26. The molecule has 0 spiro atoms. The largest absolute Gasteiger partial charge is 0.369 e. The van der Waals surface area contributed by atoms with E-state index in [-0.39, 0.29) is 5.60 Å². The highest BCUT2D eigenvalue weighted by molar-refractivity contribution is 4.94. The van der Waals surface area contributed by atoms with Crippen LogP contribution in [0.4, 0.5) is 0 Å². The molecule has 0 aromatic heterocycles. The molecule has 2 rings (SSSR count). The molecule has 4 unspecified atom stereocenters. The average Bonchev–Trinajstić information content (AvgIpc) is 2.28. The van der Waals surface area contributed by atoms with Gasteiger partial charge in [0.2, 0.25) is 0 Å². The molecular formula is C13H25NO. The van der Waals surface area contributed by atoms with Gasteiger partial charge >= 0.3 is 0 Å². The first-order valence-electron chi connectivity index (χ1n) is 6.58. The molecule has 88 valence electrons. The van der Waals surface area contributed by atoms with E-state index in [0.717, 1.165) is 18.9 Å². The van der Waals surface area contributed by atoms with Gasteiger partial charge in [0.05, 0.1) is 11.7 Å². The summed E-state index contributed by atoms with van der Waals surface area (Å²) in [5.74, 6) is 0.924. The van der Waals surface area contributed by atoms with Crippen LogP contribution in [0.25, 0.3) is 0 Å². The second kappa shape index (κ2) is 4.42. The van der Waals surface area contributed by atoms with Crippen LogP contribution in [-0.2, 0) is 4.74 Å². The van der Waals surface area contributed by atoms with Crippen molar-refractivity contribution in [3.63, 3.8) is 0 Å². The topological polar surface area (TPSA) is 21.3 Å². The number of nitrogens with one attached hydrogen (secondary N) is 1. The second-order valence-corrected chi connectivity index (χ2v) is 5.53. The number of hydrogen-bond donors (Lipinski definition) is 1. The van der Waals surface area contributed by atoms with Crippen molar-refractivity contribution in [1.29, 1.82) is 0 Å². The maximum Gasteiger partial charge on any atom is 0.0780 e. The Hall–Kier alpha value is -0.0800. The van der Waals surface area contributed by atoms with Gasteiger partial charge in [-0.05, 0) is 38.5 Å². The zero-order chi connectivity index (χ0) is 10.9. The fraction of sp³-hybridized carbons (Fsp3) is 1.00. The van der Waals surface area contributed by atoms with Gasteiger partial charge in [0.15, 0.2) is 0 Å². The zero-order valence-corrected chi connectivity index (χ0v) is 10.4. The molecule has 2 nitrogen and oxygen atoms in total. The standard InChI is InChI=1S/C13H25NO/c1-4-10-6-7-12-11(8-10)14-9-13(3,5-2)15-12/h10-12,14H,4-9H2,1-3H3. The Morgan fingerprint density at radius 3 is 2.80 bits per heavy atom. The van der Waals surface area contributed by atoms with Gasteiger partial charge in [-0.2, -0.15) is 0 Å². The molecule has 0 radical (unpaired) electrons. The van der Waals surface area contributed by atoms with Crippen LogP contribution in [0.2, 0.25) is 0 Å². The smallest absolute Gasteiger partial charge is 0.0780 e. The van der Waals surface area contributed by atoms with Gasteiger partial charge in [-0.3, -0.25) is 0 Å². The molecule has 4 atom stereocenters. The Bertz CT molecular complexity index is 219. The number of rotatable bonds is 2. The molecule has 1 aliphatic heterocycles. The maximum atomic E-state index is 6.26. The third kappa shape index (κ3) is 2.36. The van der Waals surface area contributed by atoms with Crippen LogP contribution in [0.3, 0.4) is 0 Å². The Morgan fingerprint density at radius 1 is 1.33 bits per heavy atom. The lowest BCUT2D eigenvalue weighted by atomic mass is 9.80. The second-order valence-electron chi connectivity index (χ2n) is 5.53. The third-order valence-corrected chi connectivity index (χ3v) is 4.39. The van der Waals surface area contributed by atoms with Crippen LogP contribution in [0.1, 0.15) is 52.9 Å². The first-order valence-corrected chi connectivity index (χ1v) is 6.58. The minimum atomic E-state index is 0.0835. The van der Waals surface area contributed by atoms with Gasteiger partial charge in [-0.15, -0.1) is 0 Å². The molecule has 1 heterocycles. The summed E-state index contributed by atoms with van der Waals surface area (Å²) in [5, 5.41) is 3.70. The average molecular weight is 211 g/mol. The van der Waals surface area contributed by atoms with Crippen molar-refractivity contribution < 1.29 is 4.74 Å². The third-order valence-electron chi connectivity index (χ3n) is 4.39. The summed E-state index contributed by atoms with van der Waals surface area (Å²) in [4.78, 5) is 0. The molecule has 1 saturated heterocycles. The minimum absolute atomic E-state index is 0.0835.